The van der Waals surface area contributed by atoms with Crippen molar-refractivity contribution in [2.75, 3.05) is 13.2 Å². The first-order valence-electron chi connectivity index (χ1n) is 27.7. The van der Waals surface area contributed by atoms with Gasteiger partial charge in [-0.3, -0.25) is 14.4 Å². The molecule has 382 valence electrons. The van der Waals surface area contributed by atoms with Gasteiger partial charge in [-0.25, -0.2) is 0 Å². The average molecular weight is 931 g/mol. The summed E-state index contributed by atoms with van der Waals surface area (Å²) in [7, 11) is 0. The molecule has 0 aliphatic carbocycles. The van der Waals surface area contributed by atoms with E-state index in [1.807, 2.05) is 0 Å². The molecule has 0 heterocycles. The zero-order valence-corrected chi connectivity index (χ0v) is 43.6. The number of hydrogen-bond donors (Lipinski definition) is 0. The fourth-order valence-electron chi connectivity index (χ4n) is 7.38. The highest BCUT2D eigenvalue weighted by molar-refractivity contribution is 5.71. The Morgan fingerprint density at radius 2 is 0.597 bits per heavy atom. The van der Waals surface area contributed by atoms with Crippen LogP contribution >= 0.6 is 0 Å². The van der Waals surface area contributed by atoms with Crippen molar-refractivity contribution in [3.63, 3.8) is 0 Å². The summed E-state index contributed by atoms with van der Waals surface area (Å²) >= 11 is 0. The van der Waals surface area contributed by atoms with Crippen LogP contribution < -0.4 is 0 Å². The van der Waals surface area contributed by atoms with E-state index in [1.165, 1.54) is 116 Å². The molecule has 0 aromatic rings. The van der Waals surface area contributed by atoms with Crippen molar-refractivity contribution in [2.24, 2.45) is 0 Å². The van der Waals surface area contributed by atoms with E-state index < -0.39 is 6.10 Å². The third-order valence-corrected chi connectivity index (χ3v) is 11.5. The lowest BCUT2D eigenvalue weighted by atomic mass is 10.1. The van der Waals surface area contributed by atoms with E-state index in [9.17, 15) is 14.4 Å². The van der Waals surface area contributed by atoms with E-state index >= 15 is 0 Å². The maximum absolute atomic E-state index is 12.8. The van der Waals surface area contributed by atoms with Gasteiger partial charge in [0.05, 0.1) is 0 Å². The average Bonchev–Trinajstić information content (AvgIpc) is 3.33. The fourth-order valence-corrected chi connectivity index (χ4v) is 7.38. The summed E-state index contributed by atoms with van der Waals surface area (Å²) in [5.74, 6) is -0.973. The highest BCUT2D eigenvalue weighted by atomic mass is 16.6. The Morgan fingerprint density at radius 3 is 1.01 bits per heavy atom. The van der Waals surface area contributed by atoms with Gasteiger partial charge in [-0.1, -0.05) is 214 Å². The second kappa shape index (κ2) is 54.9. The number of rotatable bonds is 49. The molecule has 0 amide bonds. The molecule has 6 nitrogen and oxygen atoms in total. The van der Waals surface area contributed by atoms with Crippen molar-refractivity contribution >= 4 is 17.9 Å². The van der Waals surface area contributed by atoms with Crippen LogP contribution in [0.15, 0.2) is 97.2 Å². The van der Waals surface area contributed by atoms with E-state index in [4.69, 9.17) is 14.2 Å². The summed E-state index contributed by atoms with van der Waals surface area (Å²) in [4.78, 5) is 38.1. The summed E-state index contributed by atoms with van der Waals surface area (Å²) in [5, 5.41) is 0. The molecule has 0 aliphatic rings. The number of allylic oxidation sites excluding steroid dienone is 16. The highest BCUT2D eigenvalue weighted by Crippen LogP contribution is 2.14. The quantitative estimate of drug-likeness (QED) is 0.0262. The van der Waals surface area contributed by atoms with Crippen LogP contribution in [-0.2, 0) is 28.6 Å². The largest absolute Gasteiger partial charge is 0.462 e. The van der Waals surface area contributed by atoms with E-state index in [0.717, 1.165) is 89.9 Å². The monoisotopic (exact) mass is 931 g/mol. The van der Waals surface area contributed by atoms with E-state index in [0.29, 0.717) is 19.3 Å². The maximum Gasteiger partial charge on any atom is 0.306 e. The minimum atomic E-state index is -0.807. The van der Waals surface area contributed by atoms with Crippen LogP contribution in [0.3, 0.4) is 0 Å². The summed E-state index contributed by atoms with van der Waals surface area (Å²) in [6.45, 7) is 6.43. The van der Waals surface area contributed by atoms with Gasteiger partial charge in [-0.15, -0.1) is 0 Å². The normalized spacial score (nSPS) is 12.8. The molecule has 6 heteroatoms. The first kappa shape index (κ1) is 63.3. The molecule has 0 saturated carbocycles. The van der Waals surface area contributed by atoms with Crippen LogP contribution in [-0.4, -0.2) is 37.2 Å². The van der Waals surface area contributed by atoms with E-state index in [2.05, 4.69) is 118 Å². The number of ether oxygens (including phenoxy) is 3. The van der Waals surface area contributed by atoms with Crippen molar-refractivity contribution in [3.05, 3.63) is 97.2 Å². The zero-order chi connectivity index (χ0) is 48.6. The topological polar surface area (TPSA) is 78.9 Å². The molecule has 0 fully saturated rings. The first-order chi connectivity index (χ1) is 33.0. The second-order valence-corrected chi connectivity index (χ2v) is 18.1. The number of esters is 3. The summed E-state index contributed by atoms with van der Waals surface area (Å²) < 4.78 is 16.8. The van der Waals surface area contributed by atoms with Crippen LogP contribution in [0, 0.1) is 0 Å². The maximum atomic E-state index is 12.8. The van der Waals surface area contributed by atoms with Gasteiger partial charge in [0.25, 0.3) is 0 Å². The summed E-state index contributed by atoms with van der Waals surface area (Å²) in [6.07, 6.45) is 72.5. The minimum absolute atomic E-state index is 0.101. The van der Waals surface area contributed by atoms with Gasteiger partial charge in [0, 0.05) is 19.3 Å². The standard InChI is InChI=1S/C61H102O6/c1-4-7-10-13-16-19-22-25-28-30-33-36-39-42-45-48-51-54-60(63)66-57-58(56-65-59(62)53-50-47-44-41-38-35-32-27-24-21-18-15-12-9-6-3)67-61(64)55-52-49-46-43-40-37-34-31-29-26-23-20-17-14-11-8-5-2/h7,10,16-17,19-21,24-26,28-29,33,36,42,45,58H,4-6,8-9,11-15,18,22-23,27,30-32,34-35,37-41,43-44,46-57H2,1-3H3/b10-7+,19-16+,20-17+,24-21+,28-25+,29-26+,36-33+,45-42+/t58-/m1/s1. The third-order valence-electron chi connectivity index (χ3n) is 11.5. The molecule has 0 rings (SSSR count). The Labute approximate surface area is 413 Å². The smallest absolute Gasteiger partial charge is 0.306 e. The Balaban J connectivity index is 4.50. The molecule has 0 N–H and O–H groups in total. The second-order valence-electron chi connectivity index (χ2n) is 18.1. The van der Waals surface area contributed by atoms with Crippen molar-refractivity contribution in [1.29, 1.82) is 0 Å². The Kier molecular flexibility index (Phi) is 51.9. The van der Waals surface area contributed by atoms with Gasteiger partial charge in [0.1, 0.15) is 13.2 Å². The van der Waals surface area contributed by atoms with Gasteiger partial charge in [0.2, 0.25) is 0 Å². The number of carbonyl (C=O) groups is 3. The predicted octanol–water partition coefficient (Wildman–Crippen LogP) is 18.5. The summed E-state index contributed by atoms with van der Waals surface area (Å²) in [6, 6.07) is 0. The molecule has 0 aromatic carbocycles. The molecule has 0 aromatic heterocycles. The number of carbonyl (C=O) groups excluding carboxylic acids is 3. The van der Waals surface area contributed by atoms with Gasteiger partial charge < -0.3 is 14.2 Å². The van der Waals surface area contributed by atoms with Crippen LogP contribution in [0.1, 0.15) is 252 Å². The molecule has 0 aliphatic heterocycles. The van der Waals surface area contributed by atoms with Crippen molar-refractivity contribution in [3.8, 4) is 0 Å². The molecule has 67 heavy (non-hydrogen) atoms. The zero-order valence-electron chi connectivity index (χ0n) is 43.6. The lowest BCUT2D eigenvalue weighted by molar-refractivity contribution is -0.167. The van der Waals surface area contributed by atoms with E-state index in [1.54, 1.807) is 0 Å². The van der Waals surface area contributed by atoms with Crippen LogP contribution in [0.25, 0.3) is 0 Å². The molecular formula is C61H102O6. The molecule has 0 radical (unpaired) electrons. The molecule has 1 atom stereocenters. The lowest BCUT2D eigenvalue weighted by Gasteiger charge is -2.18. The van der Waals surface area contributed by atoms with Gasteiger partial charge in [-0.2, -0.15) is 0 Å². The Bertz CT molecular complexity index is 1350. The SMILES string of the molecule is CC/C=C/C/C=C/C/C=C/C/C=C/C/C=C/CCCC(=O)OC[C@@H](COC(=O)CCCCCCCCC/C=C/CCCCCC)OC(=O)CCCCCCCCC/C=C/C/C=C/CCCCC. The highest BCUT2D eigenvalue weighted by Gasteiger charge is 2.19. The molecule has 0 bridgehead atoms. The van der Waals surface area contributed by atoms with E-state index in [-0.39, 0.29) is 37.5 Å². The van der Waals surface area contributed by atoms with Gasteiger partial charge >= 0.3 is 17.9 Å². The Hall–Kier alpha value is -3.67. The van der Waals surface area contributed by atoms with Gasteiger partial charge in [-0.05, 0) is 116 Å². The number of hydrogen-bond acceptors (Lipinski definition) is 6. The third kappa shape index (κ3) is 53.2. The molecular weight excluding hydrogens is 829 g/mol. The Morgan fingerprint density at radius 1 is 0.313 bits per heavy atom. The molecule has 0 unspecified atom stereocenters. The lowest BCUT2D eigenvalue weighted by Crippen LogP contribution is -2.30. The van der Waals surface area contributed by atoms with Crippen LogP contribution in [0.2, 0.25) is 0 Å². The molecule has 0 saturated heterocycles. The summed E-state index contributed by atoms with van der Waals surface area (Å²) in [5.41, 5.74) is 0. The predicted molar refractivity (Wildman–Crippen MR) is 288 cm³/mol. The van der Waals surface area contributed by atoms with Crippen molar-refractivity contribution in [1.82, 2.24) is 0 Å². The molecule has 0 spiro atoms. The van der Waals surface area contributed by atoms with Gasteiger partial charge in [0.15, 0.2) is 6.10 Å². The van der Waals surface area contributed by atoms with Crippen molar-refractivity contribution in [2.45, 2.75) is 258 Å². The minimum Gasteiger partial charge on any atom is -0.462 e. The van der Waals surface area contributed by atoms with Crippen molar-refractivity contribution < 1.29 is 28.6 Å². The van der Waals surface area contributed by atoms with Crippen LogP contribution in [0.5, 0.6) is 0 Å². The fraction of sp³-hybridized carbons (Fsp3) is 0.689. The number of unbranched alkanes of at least 4 members (excludes halogenated alkanes) is 22. The first-order valence-corrected chi connectivity index (χ1v) is 27.7. The van der Waals surface area contributed by atoms with Crippen LogP contribution in [0.4, 0.5) is 0 Å².